The molecule has 3 heterocycles. The molecule has 0 saturated heterocycles. The highest BCUT2D eigenvalue weighted by atomic mass is 15.0. The fourth-order valence-electron chi connectivity index (χ4n) is 2.55. The van der Waals surface area contributed by atoms with E-state index in [1.54, 1.807) is 12.5 Å². The van der Waals surface area contributed by atoms with E-state index in [2.05, 4.69) is 35.6 Å². The van der Waals surface area contributed by atoms with E-state index in [0.29, 0.717) is 5.65 Å². The van der Waals surface area contributed by atoms with Gasteiger partial charge in [-0.1, -0.05) is 6.07 Å². The summed E-state index contributed by atoms with van der Waals surface area (Å²) in [5.41, 5.74) is 5.03. The lowest BCUT2D eigenvalue weighted by atomic mass is 10.1. The van der Waals surface area contributed by atoms with Crippen molar-refractivity contribution in [2.45, 2.75) is 0 Å². The fraction of sp³-hybridized carbons (Fsp3) is 0.0588. The molecule has 3 aromatic heterocycles. The van der Waals surface area contributed by atoms with Gasteiger partial charge in [-0.15, -0.1) is 0 Å². The highest BCUT2D eigenvalue weighted by molar-refractivity contribution is 5.91. The van der Waals surface area contributed by atoms with Gasteiger partial charge in [-0.3, -0.25) is 0 Å². The molecule has 7 heteroatoms. The maximum Gasteiger partial charge on any atom is 0.181 e. The molecule has 0 unspecified atom stereocenters. The van der Waals surface area contributed by atoms with Crippen molar-refractivity contribution in [2.75, 3.05) is 17.7 Å². The number of nitrogens with one attached hydrogen (secondary N) is 3. The van der Waals surface area contributed by atoms with Crippen molar-refractivity contribution in [2.24, 2.45) is 0 Å². The lowest BCUT2D eigenvalue weighted by Gasteiger charge is -2.11. The summed E-state index contributed by atoms with van der Waals surface area (Å²) in [4.78, 5) is 20.3. The maximum atomic E-state index is 4.47. The van der Waals surface area contributed by atoms with E-state index in [1.807, 2.05) is 43.4 Å². The topological polar surface area (TPSA) is 91.4 Å². The first-order valence-corrected chi connectivity index (χ1v) is 7.49. The Morgan fingerprint density at radius 2 is 1.88 bits per heavy atom. The number of aromatic amines is 1. The summed E-state index contributed by atoms with van der Waals surface area (Å²) in [6.07, 6.45) is 4.87. The molecule has 0 amide bonds. The van der Waals surface area contributed by atoms with Crippen LogP contribution in [0.3, 0.4) is 0 Å². The molecule has 1 aromatic carbocycles. The van der Waals surface area contributed by atoms with Crippen LogP contribution < -0.4 is 10.6 Å². The zero-order valence-corrected chi connectivity index (χ0v) is 13.0. The number of pyridine rings is 1. The number of rotatable bonds is 4. The van der Waals surface area contributed by atoms with Gasteiger partial charge < -0.3 is 15.6 Å². The Labute approximate surface area is 138 Å². The summed E-state index contributed by atoms with van der Waals surface area (Å²) >= 11 is 0. The van der Waals surface area contributed by atoms with E-state index >= 15 is 0 Å². The van der Waals surface area contributed by atoms with Gasteiger partial charge in [0.2, 0.25) is 0 Å². The molecule has 0 spiro atoms. The van der Waals surface area contributed by atoms with Crippen molar-refractivity contribution in [3.63, 3.8) is 0 Å². The smallest absolute Gasteiger partial charge is 0.181 e. The molecular formula is C17H15N7. The van der Waals surface area contributed by atoms with E-state index in [4.69, 9.17) is 0 Å². The lowest BCUT2D eigenvalue weighted by Crippen LogP contribution is -1.99. The fourth-order valence-corrected chi connectivity index (χ4v) is 2.55. The van der Waals surface area contributed by atoms with Crippen molar-refractivity contribution in [1.29, 1.82) is 0 Å². The maximum absolute atomic E-state index is 4.47. The van der Waals surface area contributed by atoms with Crippen molar-refractivity contribution >= 4 is 28.4 Å². The van der Waals surface area contributed by atoms with Crippen LogP contribution in [-0.4, -0.2) is 32.0 Å². The van der Waals surface area contributed by atoms with Gasteiger partial charge in [0.15, 0.2) is 5.65 Å². The molecule has 0 atom stereocenters. The molecule has 0 aliphatic carbocycles. The Bertz CT molecular complexity index is 993. The van der Waals surface area contributed by atoms with E-state index in [1.165, 1.54) is 6.33 Å². The van der Waals surface area contributed by atoms with E-state index < -0.39 is 0 Å². The Morgan fingerprint density at radius 1 is 0.958 bits per heavy atom. The van der Waals surface area contributed by atoms with Crippen molar-refractivity contribution in [1.82, 2.24) is 24.9 Å². The van der Waals surface area contributed by atoms with Crippen LogP contribution >= 0.6 is 0 Å². The molecule has 0 radical (unpaired) electrons. The van der Waals surface area contributed by atoms with Crippen LogP contribution in [0, 0.1) is 0 Å². The van der Waals surface area contributed by atoms with Gasteiger partial charge in [-0.25, -0.2) is 19.9 Å². The van der Waals surface area contributed by atoms with E-state index in [0.717, 1.165) is 34.0 Å². The van der Waals surface area contributed by atoms with Crippen LogP contribution in [0.5, 0.6) is 0 Å². The largest absolute Gasteiger partial charge is 0.388 e. The molecule has 0 aliphatic rings. The minimum atomic E-state index is 0.631. The SMILES string of the molecule is CNc1cccc(Nc2ncccc2-c2ncnc3nc[nH]c23)c1. The van der Waals surface area contributed by atoms with Crippen LogP contribution in [0.2, 0.25) is 0 Å². The molecule has 0 aliphatic heterocycles. The molecule has 4 aromatic rings. The zero-order valence-electron chi connectivity index (χ0n) is 13.0. The van der Waals surface area contributed by atoms with E-state index in [-0.39, 0.29) is 0 Å². The van der Waals surface area contributed by atoms with Gasteiger partial charge in [0, 0.05) is 30.2 Å². The van der Waals surface area contributed by atoms with E-state index in [9.17, 15) is 0 Å². The third-order valence-electron chi connectivity index (χ3n) is 3.70. The first-order valence-electron chi connectivity index (χ1n) is 7.49. The minimum absolute atomic E-state index is 0.631. The zero-order chi connectivity index (χ0) is 16.4. The number of benzene rings is 1. The van der Waals surface area contributed by atoms with Gasteiger partial charge in [0.1, 0.15) is 23.4 Å². The van der Waals surface area contributed by atoms with Crippen LogP contribution in [0.25, 0.3) is 22.4 Å². The number of nitrogens with zero attached hydrogens (tertiary/aromatic N) is 4. The first kappa shape index (κ1) is 14.1. The summed E-state index contributed by atoms with van der Waals surface area (Å²) in [7, 11) is 1.89. The van der Waals surface area contributed by atoms with Crippen molar-refractivity contribution in [3.8, 4) is 11.3 Å². The minimum Gasteiger partial charge on any atom is -0.388 e. The van der Waals surface area contributed by atoms with Crippen molar-refractivity contribution in [3.05, 3.63) is 55.2 Å². The number of imidazole rings is 1. The second kappa shape index (κ2) is 5.96. The molecular weight excluding hydrogens is 302 g/mol. The van der Waals surface area contributed by atoms with Gasteiger partial charge in [-0.2, -0.15) is 0 Å². The number of H-pyrrole nitrogens is 1. The third-order valence-corrected chi connectivity index (χ3v) is 3.70. The van der Waals surface area contributed by atoms with Crippen LogP contribution in [-0.2, 0) is 0 Å². The second-order valence-corrected chi connectivity index (χ2v) is 5.18. The molecule has 0 saturated carbocycles. The molecule has 0 fully saturated rings. The molecule has 118 valence electrons. The van der Waals surface area contributed by atoms with Crippen LogP contribution in [0.1, 0.15) is 0 Å². The number of aromatic nitrogens is 5. The standard InChI is InChI=1S/C17H15N7/c1-18-11-4-2-5-12(8-11)24-16-13(6-3-7-19-16)14-15-17(22-9-20-14)23-10-21-15/h2-10,18H,1H3,(H,19,24)(H,20,21,22,23). The Hall–Kier alpha value is -3.48. The van der Waals surface area contributed by atoms with Crippen LogP contribution in [0.4, 0.5) is 17.2 Å². The summed E-state index contributed by atoms with van der Waals surface area (Å²) < 4.78 is 0. The number of anilines is 3. The predicted octanol–water partition coefficient (Wildman–Crippen LogP) is 3.20. The number of fused-ring (bicyclic) bond motifs is 1. The molecule has 7 nitrogen and oxygen atoms in total. The van der Waals surface area contributed by atoms with Gasteiger partial charge in [0.25, 0.3) is 0 Å². The summed E-state index contributed by atoms with van der Waals surface area (Å²) in [6, 6.07) is 11.8. The highest BCUT2D eigenvalue weighted by Gasteiger charge is 2.13. The molecule has 3 N–H and O–H groups in total. The number of hydrogen-bond acceptors (Lipinski definition) is 6. The Balaban J connectivity index is 1.79. The molecule has 0 bridgehead atoms. The average molecular weight is 317 g/mol. The van der Waals surface area contributed by atoms with Gasteiger partial charge in [-0.05, 0) is 30.3 Å². The Morgan fingerprint density at radius 3 is 2.79 bits per heavy atom. The average Bonchev–Trinajstić information content (AvgIpc) is 3.11. The quantitative estimate of drug-likeness (QED) is 0.535. The molecule has 24 heavy (non-hydrogen) atoms. The lowest BCUT2D eigenvalue weighted by molar-refractivity contribution is 1.19. The van der Waals surface area contributed by atoms with Gasteiger partial charge >= 0.3 is 0 Å². The summed E-state index contributed by atoms with van der Waals surface area (Å²) in [6.45, 7) is 0. The van der Waals surface area contributed by atoms with Gasteiger partial charge in [0.05, 0.1) is 6.33 Å². The predicted molar refractivity (Wildman–Crippen MR) is 94.2 cm³/mol. The molecule has 4 rings (SSSR count). The normalized spacial score (nSPS) is 10.7. The first-order chi connectivity index (χ1) is 11.8. The highest BCUT2D eigenvalue weighted by Crippen LogP contribution is 2.30. The third kappa shape index (κ3) is 2.52. The monoisotopic (exact) mass is 317 g/mol. The van der Waals surface area contributed by atoms with Crippen LogP contribution in [0.15, 0.2) is 55.2 Å². The second-order valence-electron chi connectivity index (χ2n) is 5.18. The van der Waals surface area contributed by atoms with Crippen molar-refractivity contribution < 1.29 is 0 Å². The Kier molecular flexibility index (Phi) is 3.51. The summed E-state index contributed by atoms with van der Waals surface area (Å²) in [5.74, 6) is 0.723. The summed E-state index contributed by atoms with van der Waals surface area (Å²) in [5, 5.41) is 6.48. The number of hydrogen-bond donors (Lipinski definition) is 3.